The number of rotatable bonds is 6. The van der Waals surface area contributed by atoms with E-state index in [1.54, 1.807) is 29.2 Å². The molecule has 2 aromatic heterocycles. The number of aryl methyl sites for hydroxylation is 1. The molecule has 1 N–H and O–H groups in total. The first-order chi connectivity index (χ1) is 19.8. The zero-order chi connectivity index (χ0) is 28.8. The van der Waals surface area contributed by atoms with E-state index in [-0.39, 0.29) is 23.7 Å². The lowest BCUT2D eigenvalue weighted by atomic mass is 9.86. The molecule has 1 saturated heterocycles. The predicted octanol–water partition coefficient (Wildman–Crippen LogP) is 3.01. The Bertz CT molecular complexity index is 1450. The van der Waals surface area contributed by atoms with Gasteiger partial charge in [-0.1, -0.05) is 44.5 Å². The third kappa shape index (κ3) is 4.66. The summed E-state index contributed by atoms with van der Waals surface area (Å²) in [6, 6.07) is 6.10. The van der Waals surface area contributed by atoms with Gasteiger partial charge < -0.3 is 28.8 Å². The monoisotopic (exact) mass is 560 g/mol. The SMILES string of the molecule is CC[C@H](C)[C@@H]1C(=O)N[C@H](C2Cc3ccccc3C2)C(=O)N1[C@H](c1coc(C)n1)c1ncc2n1CCN(C(=O)OC)C2. The minimum absolute atomic E-state index is 0.0493. The number of amides is 3. The Kier molecular flexibility index (Phi) is 7.04. The number of nitrogens with one attached hydrogen (secondary N) is 1. The van der Waals surface area contributed by atoms with Gasteiger partial charge in [-0.25, -0.2) is 14.8 Å². The van der Waals surface area contributed by atoms with E-state index < -0.39 is 24.2 Å². The van der Waals surface area contributed by atoms with Gasteiger partial charge in [0, 0.05) is 20.0 Å². The van der Waals surface area contributed by atoms with Crippen LogP contribution in [-0.4, -0.2) is 68.0 Å². The Balaban J connectivity index is 1.43. The number of aromatic nitrogens is 3. The van der Waals surface area contributed by atoms with Crippen molar-refractivity contribution in [3.63, 3.8) is 0 Å². The Hall–Kier alpha value is -4.15. The highest BCUT2D eigenvalue weighted by molar-refractivity contribution is 5.98. The number of oxazole rings is 1. The molecule has 4 atom stereocenters. The molecule has 1 aliphatic carbocycles. The van der Waals surface area contributed by atoms with Gasteiger partial charge in [-0.2, -0.15) is 0 Å². The molecule has 0 radical (unpaired) electrons. The highest BCUT2D eigenvalue weighted by Gasteiger charge is 2.51. The topological polar surface area (TPSA) is 123 Å². The van der Waals surface area contributed by atoms with Crippen LogP contribution in [0.3, 0.4) is 0 Å². The summed E-state index contributed by atoms with van der Waals surface area (Å²) in [5, 5.41) is 3.12. The van der Waals surface area contributed by atoms with Gasteiger partial charge in [-0.15, -0.1) is 0 Å². The minimum atomic E-state index is -0.741. The van der Waals surface area contributed by atoms with Crippen molar-refractivity contribution >= 4 is 17.9 Å². The maximum atomic E-state index is 14.7. The number of benzene rings is 1. The Labute approximate surface area is 238 Å². The van der Waals surface area contributed by atoms with E-state index in [2.05, 4.69) is 22.4 Å². The van der Waals surface area contributed by atoms with Crippen molar-refractivity contribution in [1.82, 2.24) is 29.7 Å². The number of piperazine rings is 1. The van der Waals surface area contributed by atoms with Gasteiger partial charge in [0.15, 0.2) is 5.89 Å². The van der Waals surface area contributed by atoms with Crippen LogP contribution in [-0.2, 0) is 40.3 Å². The summed E-state index contributed by atoms with van der Waals surface area (Å²) in [7, 11) is 1.37. The first-order valence-electron chi connectivity index (χ1n) is 14.3. The van der Waals surface area contributed by atoms with Crippen LogP contribution in [0, 0.1) is 18.8 Å². The summed E-state index contributed by atoms with van der Waals surface area (Å²) in [6.45, 7) is 7.00. The number of imidazole rings is 1. The van der Waals surface area contributed by atoms with Crippen LogP contribution in [0.2, 0.25) is 0 Å². The van der Waals surface area contributed by atoms with Gasteiger partial charge >= 0.3 is 6.09 Å². The first kappa shape index (κ1) is 27.0. The van der Waals surface area contributed by atoms with E-state index >= 15 is 0 Å². The quantitative estimate of drug-likeness (QED) is 0.492. The molecule has 0 saturated carbocycles. The van der Waals surface area contributed by atoms with Crippen molar-refractivity contribution in [2.75, 3.05) is 13.7 Å². The maximum absolute atomic E-state index is 14.7. The normalized spacial score (nSPS) is 22.2. The molecular formula is C30H36N6O5. The van der Waals surface area contributed by atoms with Crippen molar-refractivity contribution in [2.45, 2.75) is 71.2 Å². The molecule has 0 bridgehead atoms. The van der Waals surface area contributed by atoms with Gasteiger partial charge in [0.25, 0.3) is 0 Å². The van der Waals surface area contributed by atoms with Crippen molar-refractivity contribution in [2.24, 2.45) is 11.8 Å². The third-order valence-electron chi connectivity index (χ3n) is 8.91. The summed E-state index contributed by atoms with van der Waals surface area (Å²) in [6.07, 6.45) is 5.04. The molecule has 0 spiro atoms. The third-order valence-corrected chi connectivity index (χ3v) is 8.91. The Morgan fingerprint density at radius 3 is 2.56 bits per heavy atom. The number of ether oxygens (including phenoxy) is 1. The molecule has 1 aromatic carbocycles. The fourth-order valence-electron chi connectivity index (χ4n) is 6.63. The van der Waals surface area contributed by atoms with E-state index in [4.69, 9.17) is 14.1 Å². The smallest absolute Gasteiger partial charge is 0.409 e. The second-order valence-electron chi connectivity index (χ2n) is 11.3. The molecule has 11 heteroatoms. The highest BCUT2D eigenvalue weighted by Crippen LogP contribution is 2.38. The van der Waals surface area contributed by atoms with Crippen LogP contribution in [0.1, 0.15) is 60.5 Å². The average Bonchev–Trinajstić information content (AvgIpc) is 3.72. The number of hydrogen-bond donors (Lipinski definition) is 1. The standard InChI is InChI=1S/C30H36N6O5/c1-5-17(2)25-28(37)33-24(21-12-19-8-6-7-9-20(19)13-21)29(38)36(25)26(23-16-41-18(3)32-23)27-31-14-22-15-34(30(39)40-4)10-11-35(22)27/h6-9,14,16-17,21,24-26H,5,10-13,15H2,1-4H3,(H,33,37)/t17-,24+,25+,26+/m0/s1. The van der Waals surface area contributed by atoms with Crippen LogP contribution in [0.4, 0.5) is 4.79 Å². The molecule has 6 rings (SSSR count). The molecule has 1 fully saturated rings. The first-order valence-corrected chi connectivity index (χ1v) is 14.3. The van der Waals surface area contributed by atoms with Crippen LogP contribution in [0.25, 0.3) is 0 Å². The second-order valence-corrected chi connectivity index (χ2v) is 11.3. The Morgan fingerprint density at radius 2 is 1.93 bits per heavy atom. The largest absolute Gasteiger partial charge is 0.453 e. The zero-order valence-electron chi connectivity index (χ0n) is 23.9. The maximum Gasteiger partial charge on any atom is 0.409 e. The summed E-state index contributed by atoms with van der Waals surface area (Å²) < 4.78 is 12.6. The fourth-order valence-corrected chi connectivity index (χ4v) is 6.63. The molecule has 3 aromatic rings. The number of carbonyl (C=O) groups excluding carboxylic acids is 3. The summed E-state index contributed by atoms with van der Waals surface area (Å²) >= 11 is 0. The van der Waals surface area contributed by atoms with Gasteiger partial charge in [-0.3, -0.25) is 9.59 Å². The van der Waals surface area contributed by atoms with Crippen molar-refractivity contribution in [3.05, 3.63) is 71.0 Å². The second kappa shape index (κ2) is 10.7. The lowest BCUT2D eigenvalue weighted by Gasteiger charge is -2.46. The van der Waals surface area contributed by atoms with Crippen molar-refractivity contribution < 1.29 is 23.5 Å². The van der Waals surface area contributed by atoms with Crippen LogP contribution in [0.5, 0.6) is 0 Å². The number of fused-ring (bicyclic) bond motifs is 2. The summed E-state index contributed by atoms with van der Waals surface area (Å²) in [5.74, 6) is 0.607. The van der Waals surface area contributed by atoms with E-state index in [1.165, 1.54) is 18.2 Å². The van der Waals surface area contributed by atoms with Gasteiger partial charge in [0.2, 0.25) is 11.8 Å². The minimum Gasteiger partial charge on any atom is -0.453 e. The van der Waals surface area contributed by atoms with Crippen LogP contribution >= 0.6 is 0 Å². The number of methoxy groups -OCH3 is 1. The number of carbonyl (C=O) groups is 3. The molecule has 41 heavy (non-hydrogen) atoms. The van der Waals surface area contributed by atoms with Crippen LogP contribution in [0.15, 0.2) is 41.1 Å². The number of hydrogen-bond acceptors (Lipinski definition) is 7. The molecule has 2 aliphatic heterocycles. The van der Waals surface area contributed by atoms with Crippen LogP contribution < -0.4 is 5.32 Å². The summed E-state index contributed by atoms with van der Waals surface area (Å²) in [4.78, 5) is 53.6. The lowest BCUT2D eigenvalue weighted by molar-refractivity contribution is -0.155. The van der Waals surface area contributed by atoms with Gasteiger partial charge in [-0.05, 0) is 35.8 Å². The van der Waals surface area contributed by atoms with Crippen molar-refractivity contribution in [1.29, 1.82) is 0 Å². The van der Waals surface area contributed by atoms with E-state index in [0.29, 0.717) is 43.5 Å². The molecule has 3 amide bonds. The molecular weight excluding hydrogens is 524 g/mol. The lowest BCUT2D eigenvalue weighted by Crippen LogP contribution is -2.67. The summed E-state index contributed by atoms with van der Waals surface area (Å²) in [5.41, 5.74) is 3.78. The molecule has 0 unspecified atom stereocenters. The average molecular weight is 561 g/mol. The fraction of sp³-hybridized carbons (Fsp3) is 0.500. The molecule has 216 valence electrons. The van der Waals surface area contributed by atoms with Gasteiger partial charge in [0.1, 0.15) is 35.9 Å². The van der Waals surface area contributed by atoms with E-state index in [0.717, 1.165) is 18.5 Å². The molecule has 11 nitrogen and oxygen atoms in total. The predicted molar refractivity (Wildman–Crippen MR) is 147 cm³/mol. The highest BCUT2D eigenvalue weighted by atomic mass is 16.5. The van der Waals surface area contributed by atoms with E-state index in [1.807, 2.05) is 30.5 Å². The van der Waals surface area contributed by atoms with Gasteiger partial charge in [0.05, 0.1) is 25.5 Å². The zero-order valence-corrected chi connectivity index (χ0v) is 23.9. The van der Waals surface area contributed by atoms with Crippen molar-refractivity contribution in [3.8, 4) is 0 Å². The number of nitrogens with zero attached hydrogens (tertiary/aromatic N) is 5. The Morgan fingerprint density at radius 1 is 1.20 bits per heavy atom. The molecule has 3 aliphatic rings. The molecule has 4 heterocycles. The van der Waals surface area contributed by atoms with E-state index in [9.17, 15) is 14.4 Å².